The first-order chi connectivity index (χ1) is 10.2. The molecule has 0 aliphatic rings. The maximum atomic E-state index is 11.4. The predicted octanol–water partition coefficient (Wildman–Crippen LogP) is 1.86. The van der Waals surface area contributed by atoms with Gasteiger partial charge in [-0.1, -0.05) is 35.5 Å². The highest BCUT2D eigenvalue weighted by molar-refractivity contribution is 7.98. The largest absolute Gasteiger partial charge is 0.465 e. The topological polar surface area (TPSA) is 91.2 Å². The maximum Gasteiger partial charge on any atom is 0.323 e. The van der Waals surface area contributed by atoms with Gasteiger partial charge in [0, 0.05) is 11.3 Å². The number of carbonyl (C=O) groups is 1. The van der Waals surface area contributed by atoms with Crippen molar-refractivity contribution >= 4 is 17.7 Å². The van der Waals surface area contributed by atoms with E-state index >= 15 is 0 Å². The molecular weight excluding hydrogens is 290 g/mol. The quantitative estimate of drug-likeness (QED) is 0.780. The Kier molecular flexibility index (Phi) is 5.77. The van der Waals surface area contributed by atoms with E-state index in [4.69, 9.17) is 15.0 Å². The lowest BCUT2D eigenvalue weighted by Gasteiger charge is -2.08. The fourth-order valence-electron chi connectivity index (χ4n) is 1.61. The molecule has 6 nitrogen and oxygen atoms in total. The molecule has 0 aliphatic carbocycles. The Morgan fingerprint density at radius 1 is 1.43 bits per heavy atom. The van der Waals surface area contributed by atoms with E-state index in [1.165, 1.54) is 11.8 Å². The Morgan fingerprint density at radius 2 is 2.19 bits per heavy atom. The molecule has 2 aromatic rings. The molecule has 0 saturated carbocycles. The van der Waals surface area contributed by atoms with Gasteiger partial charge < -0.3 is 15.0 Å². The molecule has 0 radical (unpaired) electrons. The van der Waals surface area contributed by atoms with Crippen molar-refractivity contribution < 1.29 is 14.1 Å². The van der Waals surface area contributed by atoms with Gasteiger partial charge in [0.15, 0.2) is 0 Å². The van der Waals surface area contributed by atoms with Crippen LogP contribution in [0.15, 0.2) is 34.9 Å². The van der Waals surface area contributed by atoms with Crippen molar-refractivity contribution in [2.45, 2.75) is 18.7 Å². The second kappa shape index (κ2) is 7.80. The summed E-state index contributed by atoms with van der Waals surface area (Å²) in [4.78, 5) is 15.7. The molecule has 1 unspecified atom stereocenters. The molecule has 7 heteroatoms. The minimum atomic E-state index is -0.633. The molecule has 1 heterocycles. The number of ether oxygens (including phenoxy) is 1. The van der Waals surface area contributed by atoms with E-state index in [1.807, 2.05) is 30.3 Å². The lowest BCUT2D eigenvalue weighted by atomic mass is 10.2. The van der Waals surface area contributed by atoms with E-state index in [2.05, 4.69) is 10.1 Å². The average molecular weight is 307 g/mol. The summed E-state index contributed by atoms with van der Waals surface area (Å²) in [5.41, 5.74) is 6.61. The summed E-state index contributed by atoms with van der Waals surface area (Å²) in [6.45, 7) is 2.09. The second-order valence-corrected chi connectivity index (χ2v) is 5.28. The van der Waals surface area contributed by atoms with Gasteiger partial charge in [-0.15, -0.1) is 11.8 Å². The number of rotatable bonds is 7. The van der Waals surface area contributed by atoms with Gasteiger partial charge in [-0.05, 0) is 6.92 Å². The number of nitrogens with zero attached hydrogens (tertiary/aromatic N) is 2. The lowest BCUT2D eigenvalue weighted by molar-refractivity contribution is -0.144. The van der Waals surface area contributed by atoms with Gasteiger partial charge >= 0.3 is 5.97 Å². The smallest absolute Gasteiger partial charge is 0.323 e. The normalized spacial score (nSPS) is 12.1. The standard InChI is InChI=1S/C14H17N3O3S/c1-2-19-14(18)11(15)8-21-9-12-16-13(17-20-12)10-6-4-3-5-7-10/h3-7,11H,2,8-9,15H2,1H3. The number of benzene rings is 1. The third-order valence-electron chi connectivity index (χ3n) is 2.61. The molecule has 2 N–H and O–H groups in total. The van der Waals surface area contributed by atoms with Gasteiger partial charge in [-0.25, -0.2) is 0 Å². The highest BCUT2D eigenvalue weighted by Gasteiger charge is 2.15. The number of hydrogen-bond donors (Lipinski definition) is 1. The van der Waals surface area contributed by atoms with Crippen molar-refractivity contribution in [3.05, 3.63) is 36.2 Å². The van der Waals surface area contributed by atoms with Crippen LogP contribution in [0.4, 0.5) is 0 Å². The molecule has 1 aromatic heterocycles. The van der Waals surface area contributed by atoms with Gasteiger partial charge in [-0.3, -0.25) is 4.79 Å². The zero-order valence-electron chi connectivity index (χ0n) is 11.7. The van der Waals surface area contributed by atoms with Crippen LogP contribution >= 0.6 is 11.8 Å². The minimum absolute atomic E-state index is 0.335. The van der Waals surface area contributed by atoms with Gasteiger partial charge in [0.2, 0.25) is 11.7 Å². The van der Waals surface area contributed by atoms with E-state index in [1.54, 1.807) is 6.92 Å². The SMILES string of the molecule is CCOC(=O)C(N)CSCc1nc(-c2ccccc2)no1. The summed E-state index contributed by atoms with van der Waals surface area (Å²) in [5, 5.41) is 3.93. The lowest BCUT2D eigenvalue weighted by Crippen LogP contribution is -2.34. The molecule has 1 aromatic carbocycles. The zero-order valence-corrected chi connectivity index (χ0v) is 12.5. The van der Waals surface area contributed by atoms with Crippen molar-refractivity contribution in [1.29, 1.82) is 0 Å². The van der Waals surface area contributed by atoms with Crippen molar-refractivity contribution in [2.75, 3.05) is 12.4 Å². The Morgan fingerprint density at radius 3 is 2.90 bits per heavy atom. The Balaban J connectivity index is 1.82. The van der Waals surface area contributed by atoms with Gasteiger partial charge in [-0.2, -0.15) is 4.98 Å². The third-order valence-corrected chi connectivity index (χ3v) is 3.66. The Hall–Kier alpha value is -1.86. The van der Waals surface area contributed by atoms with E-state index in [9.17, 15) is 4.79 Å². The molecule has 0 bridgehead atoms. The molecule has 0 saturated heterocycles. The van der Waals surface area contributed by atoms with Crippen LogP contribution in [-0.2, 0) is 15.3 Å². The molecule has 112 valence electrons. The van der Waals surface area contributed by atoms with Gasteiger partial charge in [0.25, 0.3) is 0 Å². The summed E-state index contributed by atoms with van der Waals surface area (Å²) in [6.07, 6.45) is 0. The first kappa shape index (κ1) is 15.5. The van der Waals surface area contributed by atoms with Gasteiger partial charge in [0.1, 0.15) is 6.04 Å². The van der Waals surface area contributed by atoms with E-state index in [0.717, 1.165) is 5.56 Å². The van der Waals surface area contributed by atoms with Crippen LogP contribution in [0.25, 0.3) is 11.4 Å². The first-order valence-electron chi connectivity index (χ1n) is 6.58. The van der Waals surface area contributed by atoms with Crippen LogP contribution in [0.5, 0.6) is 0 Å². The number of esters is 1. The minimum Gasteiger partial charge on any atom is -0.465 e. The number of thioether (sulfide) groups is 1. The molecule has 21 heavy (non-hydrogen) atoms. The van der Waals surface area contributed by atoms with E-state index in [-0.39, 0.29) is 5.97 Å². The summed E-state index contributed by atoms with van der Waals surface area (Å²) < 4.78 is 10.0. The first-order valence-corrected chi connectivity index (χ1v) is 7.74. The van der Waals surface area contributed by atoms with Crippen molar-refractivity contribution in [3.8, 4) is 11.4 Å². The highest BCUT2D eigenvalue weighted by atomic mass is 32.2. The fraction of sp³-hybridized carbons (Fsp3) is 0.357. The summed E-state index contributed by atoms with van der Waals surface area (Å²) in [5.74, 6) is 1.63. The molecule has 0 aliphatic heterocycles. The van der Waals surface area contributed by atoms with Crippen LogP contribution in [0.3, 0.4) is 0 Å². The second-order valence-electron chi connectivity index (χ2n) is 4.25. The number of nitrogens with two attached hydrogens (primary N) is 1. The molecular formula is C14H17N3O3S. The van der Waals surface area contributed by atoms with Crippen LogP contribution in [0.2, 0.25) is 0 Å². The van der Waals surface area contributed by atoms with Crippen LogP contribution in [0, 0.1) is 0 Å². The average Bonchev–Trinajstić information content (AvgIpc) is 2.97. The molecule has 2 rings (SSSR count). The zero-order chi connectivity index (χ0) is 15.1. The van der Waals surface area contributed by atoms with Crippen molar-refractivity contribution in [1.82, 2.24) is 10.1 Å². The Labute approximate surface area is 127 Å². The fourth-order valence-corrected chi connectivity index (χ4v) is 2.41. The Bertz CT molecular complexity index is 574. The third kappa shape index (κ3) is 4.57. The molecule has 0 spiro atoms. The highest BCUT2D eigenvalue weighted by Crippen LogP contribution is 2.17. The number of aromatic nitrogens is 2. The van der Waals surface area contributed by atoms with Gasteiger partial charge in [0.05, 0.1) is 12.4 Å². The van der Waals surface area contributed by atoms with Crippen LogP contribution in [0.1, 0.15) is 12.8 Å². The van der Waals surface area contributed by atoms with Crippen molar-refractivity contribution in [2.24, 2.45) is 5.73 Å². The predicted molar refractivity (Wildman–Crippen MR) is 80.5 cm³/mol. The monoisotopic (exact) mass is 307 g/mol. The molecule has 1 atom stereocenters. The maximum absolute atomic E-state index is 11.4. The number of hydrogen-bond acceptors (Lipinski definition) is 7. The van der Waals surface area contributed by atoms with E-state index in [0.29, 0.717) is 29.8 Å². The molecule has 0 amide bonds. The van der Waals surface area contributed by atoms with E-state index < -0.39 is 6.04 Å². The summed E-state index contributed by atoms with van der Waals surface area (Å²) in [6, 6.07) is 8.96. The molecule has 0 fully saturated rings. The number of carbonyl (C=O) groups excluding carboxylic acids is 1. The summed E-state index contributed by atoms with van der Waals surface area (Å²) in [7, 11) is 0. The van der Waals surface area contributed by atoms with Crippen LogP contribution in [-0.4, -0.2) is 34.5 Å². The van der Waals surface area contributed by atoms with Crippen LogP contribution < -0.4 is 5.73 Å². The van der Waals surface area contributed by atoms with Crippen molar-refractivity contribution in [3.63, 3.8) is 0 Å². The summed E-state index contributed by atoms with van der Waals surface area (Å²) >= 11 is 1.46.